The summed E-state index contributed by atoms with van der Waals surface area (Å²) in [6.07, 6.45) is -4.60. The van der Waals surface area contributed by atoms with Crippen LogP contribution in [0.4, 0.5) is 18.9 Å². The largest absolute Gasteiger partial charge is 0.418 e. The monoisotopic (exact) mass is 430 g/mol. The van der Waals surface area contributed by atoms with Crippen LogP contribution in [-0.2, 0) is 11.0 Å². The maximum Gasteiger partial charge on any atom is 0.418 e. The van der Waals surface area contributed by atoms with E-state index in [0.29, 0.717) is 11.1 Å². The molecule has 2 aromatic carbocycles. The van der Waals surface area contributed by atoms with Crippen molar-refractivity contribution in [1.82, 2.24) is 4.90 Å². The number of likely N-dealkylation sites (N-methyl/N-ethyl adjacent to an activating group) is 1. The van der Waals surface area contributed by atoms with Gasteiger partial charge >= 0.3 is 6.18 Å². The normalized spacial score (nSPS) is 18.8. The second kappa shape index (κ2) is 7.60. The van der Waals surface area contributed by atoms with Crippen molar-refractivity contribution >= 4 is 28.8 Å². The number of carbonyl (C=O) groups is 2. The van der Waals surface area contributed by atoms with Crippen molar-refractivity contribution in [1.29, 1.82) is 0 Å². The van der Waals surface area contributed by atoms with E-state index in [4.69, 9.17) is 0 Å². The Morgan fingerprint density at radius 3 is 2.43 bits per heavy atom. The fourth-order valence-corrected chi connectivity index (χ4v) is 4.73. The molecule has 154 valence electrons. The number of hydrogen-bond acceptors (Lipinski definition) is 3. The van der Waals surface area contributed by atoms with Crippen LogP contribution >= 0.6 is 11.3 Å². The number of amides is 2. The molecule has 1 aliphatic heterocycles. The molecule has 1 aromatic heterocycles. The Balaban J connectivity index is 1.80. The van der Waals surface area contributed by atoms with Crippen molar-refractivity contribution in [2.75, 3.05) is 12.4 Å². The summed E-state index contributed by atoms with van der Waals surface area (Å²) in [4.78, 5) is 28.5. The quantitative estimate of drug-likeness (QED) is 0.612. The number of anilines is 1. The number of benzene rings is 2. The highest BCUT2D eigenvalue weighted by Crippen LogP contribution is 2.44. The molecule has 3 aromatic rings. The first-order valence-electron chi connectivity index (χ1n) is 9.15. The van der Waals surface area contributed by atoms with Crippen LogP contribution in [0.25, 0.3) is 0 Å². The van der Waals surface area contributed by atoms with E-state index >= 15 is 0 Å². The molecule has 4 nitrogen and oxygen atoms in total. The van der Waals surface area contributed by atoms with Crippen molar-refractivity contribution in [3.05, 3.63) is 87.6 Å². The van der Waals surface area contributed by atoms with Crippen molar-refractivity contribution < 1.29 is 22.8 Å². The topological polar surface area (TPSA) is 49.4 Å². The first kappa shape index (κ1) is 20.2. The van der Waals surface area contributed by atoms with Gasteiger partial charge in [0.25, 0.3) is 5.91 Å². The maximum absolute atomic E-state index is 13.4. The van der Waals surface area contributed by atoms with E-state index in [1.807, 2.05) is 17.5 Å². The van der Waals surface area contributed by atoms with Crippen LogP contribution in [-0.4, -0.2) is 23.8 Å². The van der Waals surface area contributed by atoms with Gasteiger partial charge in [0.2, 0.25) is 5.91 Å². The van der Waals surface area contributed by atoms with E-state index in [1.54, 1.807) is 31.3 Å². The highest BCUT2D eigenvalue weighted by Gasteiger charge is 2.43. The highest BCUT2D eigenvalue weighted by atomic mass is 32.1. The summed E-state index contributed by atoms with van der Waals surface area (Å²) in [5.74, 6) is -1.69. The van der Waals surface area contributed by atoms with Gasteiger partial charge in [0.1, 0.15) is 0 Å². The molecule has 2 heterocycles. The lowest BCUT2D eigenvalue weighted by Crippen LogP contribution is -2.43. The lowest BCUT2D eigenvalue weighted by atomic mass is 9.81. The number of nitrogens with zero attached hydrogens (tertiary/aromatic N) is 1. The first-order chi connectivity index (χ1) is 14.3. The van der Waals surface area contributed by atoms with Crippen LogP contribution in [0.3, 0.4) is 0 Å². The molecule has 0 fully saturated rings. The number of thiophene rings is 1. The first-order valence-corrected chi connectivity index (χ1v) is 10.0. The van der Waals surface area contributed by atoms with Gasteiger partial charge in [-0.05, 0) is 35.2 Å². The predicted octanol–water partition coefficient (Wildman–Crippen LogP) is 5.32. The number of para-hydroxylation sites is 1. The van der Waals surface area contributed by atoms with Gasteiger partial charge in [-0.15, -0.1) is 11.3 Å². The van der Waals surface area contributed by atoms with Crippen LogP contribution in [0.5, 0.6) is 0 Å². The third-order valence-electron chi connectivity index (χ3n) is 5.19. The summed E-state index contributed by atoms with van der Waals surface area (Å²) in [5, 5.41) is 4.30. The van der Waals surface area contributed by atoms with Gasteiger partial charge in [0.05, 0.1) is 23.2 Å². The molecule has 2 amide bonds. The van der Waals surface area contributed by atoms with Crippen molar-refractivity contribution in [2.45, 2.75) is 18.1 Å². The predicted molar refractivity (Wildman–Crippen MR) is 108 cm³/mol. The van der Waals surface area contributed by atoms with E-state index in [9.17, 15) is 22.8 Å². The minimum absolute atomic E-state index is 0.233. The minimum atomic E-state index is -4.60. The lowest BCUT2D eigenvalue weighted by molar-refractivity contribution is -0.137. The van der Waals surface area contributed by atoms with Crippen LogP contribution in [0, 0.1) is 0 Å². The van der Waals surface area contributed by atoms with Crippen LogP contribution in [0.15, 0.2) is 66.0 Å². The molecule has 0 radical (unpaired) electrons. The zero-order valence-corrected chi connectivity index (χ0v) is 16.6. The number of carbonyl (C=O) groups excluding carboxylic acids is 2. The fraction of sp³-hybridized carbons (Fsp3) is 0.182. The summed E-state index contributed by atoms with van der Waals surface area (Å²) >= 11 is 1.39. The number of halogens is 3. The van der Waals surface area contributed by atoms with E-state index in [2.05, 4.69) is 5.32 Å². The Morgan fingerprint density at radius 2 is 1.73 bits per heavy atom. The smallest absolute Gasteiger partial charge is 0.333 e. The van der Waals surface area contributed by atoms with E-state index < -0.39 is 29.6 Å². The average Bonchev–Trinajstić information content (AvgIpc) is 3.24. The number of hydrogen-bond donors (Lipinski definition) is 1. The van der Waals surface area contributed by atoms with Crippen molar-refractivity contribution in [3.8, 4) is 0 Å². The van der Waals surface area contributed by atoms with E-state index in [1.165, 1.54) is 34.4 Å². The highest BCUT2D eigenvalue weighted by molar-refractivity contribution is 7.10. The van der Waals surface area contributed by atoms with Gasteiger partial charge in [0.15, 0.2) is 0 Å². The fourth-order valence-electron chi connectivity index (χ4n) is 3.82. The second-order valence-corrected chi connectivity index (χ2v) is 7.95. The van der Waals surface area contributed by atoms with Gasteiger partial charge in [-0.3, -0.25) is 9.59 Å². The van der Waals surface area contributed by atoms with Gasteiger partial charge in [-0.2, -0.15) is 13.2 Å². The molecule has 1 aliphatic rings. The zero-order valence-electron chi connectivity index (χ0n) is 15.8. The van der Waals surface area contributed by atoms with E-state index in [-0.39, 0.29) is 11.6 Å². The maximum atomic E-state index is 13.4. The Kier molecular flexibility index (Phi) is 5.11. The molecule has 0 saturated heterocycles. The summed E-state index contributed by atoms with van der Waals surface area (Å²) in [6.45, 7) is 0. The Bertz CT molecular complexity index is 1100. The van der Waals surface area contributed by atoms with Crippen LogP contribution in [0.1, 0.15) is 38.3 Å². The molecular weight excluding hydrogens is 413 g/mol. The Hall–Kier alpha value is -3.13. The Labute approximate surface area is 174 Å². The van der Waals surface area contributed by atoms with Gasteiger partial charge in [0, 0.05) is 17.5 Å². The summed E-state index contributed by atoms with van der Waals surface area (Å²) in [5.41, 5.74) is -0.352. The standard InChI is InChI=1S/C22H17F3N2O2S/c1-27-19(17-11-6-12-30-17)18(13-7-2-3-8-14(13)21(27)29)20(28)26-16-10-5-4-9-15(16)22(23,24)25/h2-12,18-19H,1H3,(H,26,28)/t18-,19+/m1/s1. The number of fused-ring (bicyclic) bond motifs is 1. The summed E-state index contributed by atoms with van der Waals surface area (Å²) in [6, 6.07) is 14.6. The van der Waals surface area contributed by atoms with Crippen LogP contribution < -0.4 is 5.32 Å². The average molecular weight is 430 g/mol. The van der Waals surface area contributed by atoms with Crippen LogP contribution in [0.2, 0.25) is 0 Å². The SMILES string of the molecule is CN1C(=O)c2ccccc2[C@@H](C(=O)Nc2ccccc2C(F)(F)F)[C@@H]1c1cccs1. The molecule has 0 aliphatic carbocycles. The van der Waals surface area contributed by atoms with Gasteiger partial charge in [-0.25, -0.2) is 0 Å². The molecule has 8 heteroatoms. The third kappa shape index (κ3) is 3.47. The number of rotatable bonds is 3. The Morgan fingerprint density at radius 1 is 1.03 bits per heavy atom. The molecule has 30 heavy (non-hydrogen) atoms. The minimum Gasteiger partial charge on any atom is -0.333 e. The molecule has 1 N–H and O–H groups in total. The molecule has 0 bridgehead atoms. The molecule has 0 spiro atoms. The molecule has 2 atom stereocenters. The number of nitrogens with one attached hydrogen (secondary N) is 1. The second-order valence-electron chi connectivity index (χ2n) is 6.97. The van der Waals surface area contributed by atoms with Gasteiger partial charge in [-0.1, -0.05) is 36.4 Å². The van der Waals surface area contributed by atoms with Crippen molar-refractivity contribution in [3.63, 3.8) is 0 Å². The van der Waals surface area contributed by atoms with Gasteiger partial charge < -0.3 is 10.2 Å². The van der Waals surface area contributed by atoms with Crippen molar-refractivity contribution in [2.24, 2.45) is 0 Å². The molecular formula is C22H17F3N2O2S. The summed E-state index contributed by atoms with van der Waals surface area (Å²) < 4.78 is 40.2. The molecule has 4 rings (SSSR count). The summed E-state index contributed by atoms with van der Waals surface area (Å²) in [7, 11) is 1.60. The lowest BCUT2D eigenvalue weighted by Gasteiger charge is -2.39. The number of alkyl halides is 3. The zero-order chi connectivity index (χ0) is 21.5. The van der Waals surface area contributed by atoms with E-state index in [0.717, 1.165) is 10.9 Å². The third-order valence-corrected chi connectivity index (χ3v) is 6.13. The molecule has 0 saturated carbocycles. The molecule has 0 unspecified atom stereocenters.